The maximum absolute atomic E-state index is 13.2. The van der Waals surface area contributed by atoms with E-state index in [4.69, 9.17) is 4.74 Å². The Labute approximate surface area is 149 Å². The molecule has 8 heteroatoms. The summed E-state index contributed by atoms with van der Waals surface area (Å²) in [6.07, 6.45) is -0.574. The van der Waals surface area contributed by atoms with Gasteiger partial charge in [0.2, 0.25) is 0 Å². The summed E-state index contributed by atoms with van der Waals surface area (Å²) < 4.78 is 21.4. The lowest BCUT2D eigenvalue weighted by Crippen LogP contribution is -2.48. The second-order valence-corrected chi connectivity index (χ2v) is 6.41. The van der Waals surface area contributed by atoms with Crippen molar-refractivity contribution in [3.8, 4) is 6.07 Å². The van der Waals surface area contributed by atoms with Crippen molar-refractivity contribution in [1.29, 1.82) is 5.26 Å². The second-order valence-electron chi connectivity index (χ2n) is 6.41. The van der Waals surface area contributed by atoms with Crippen LogP contribution >= 0.6 is 0 Å². The number of benzene rings is 1. The molecule has 2 unspecified atom stereocenters. The van der Waals surface area contributed by atoms with E-state index < -0.39 is 11.2 Å². The molecule has 1 aromatic heterocycles. The molecule has 2 heterocycles. The molecule has 0 bridgehead atoms. The SMILES string of the molecule is CC1CN(c2c(C#N)c(=O)n(C)c(=O)n2C)CC(c2ccc(F)cc2)O1. The second kappa shape index (κ2) is 6.77. The summed E-state index contributed by atoms with van der Waals surface area (Å²) in [5.41, 5.74) is -0.415. The average molecular weight is 358 g/mol. The zero-order chi connectivity index (χ0) is 19.0. The third-order valence-electron chi connectivity index (χ3n) is 4.55. The van der Waals surface area contributed by atoms with Crippen molar-refractivity contribution in [3.05, 3.63) is 62.0 Å². The molecule has 2 aromatic rings. The first-order valence-electron chi connectivity index (χ1n) is 8.19. The number of hydrogen-bond donors (Lipinski definition) is 0. The van der Waals surface area contributed by atoms with Gasteiger partial charge >= 0.3 is 5.69 Å². The van der Waals surface area contributed by atoms with Gasteiger partial charge in [0.1, 0.15) is 23.8 Å². The van der Waals surface area contributed by atoms with Crippen LogP contribution in [0.1, 0.15) is 24.2 Å². The van der Waals surface area contributed by atoms with Gasteiger partial charge < -0.3 is 9.64 Å². The van der Waals surface area contributed by atoms with E-state index >= 15 is 0 Å². The third-order valence-corrected chi connectivity index (χ3v) is 4.55. The fourth-order valence-electron chi connectivity index (χ4n) is 3.29. The standard InChI is InChI=1S/C18H19FN4O3/c1-11-9-23(10-15(26-11)12-4-6-13(19)7-5-12)16-14(8-20)17(24)22(3)18(25)21(16)2/h4-7,11,15H,9-10H2,1-3H3. The number of aromatic nitrogens is 2. The molecule has 1 aliphatic heterocycles. The molecule has 0 saturated carbocycles. The van der Waals surface area contributed by atoms with Crippen LogP contribution in [0.3, 0.4) is 0 Å². The van der Waals surface area contributed by atoms with Gasteiger partial charge in [0.05, 0.1) is 6.10 Å². The summed E-state index contributed by atoms with van der Waals surface area (Å²) >= 11 is 0. The molecule has 2 atom stereocenters. The highest BCUT2D eigenvalue weighted by molar-refractivity contribution is 5.54. The molecule has 0 aliphatic carbocycles. The van der Waals surface area contributed by atoms with E-state index in [2.05, 4.69) is 0 Å². The Hall–Kier alpha value is -2.92. The van der Waals surface area contributed by atoms with Crippen molar-refractivity contribution in [3.63, 3.8) is 0 Å². The summed E-state index contributed by atoms with van der Waals surface area (Å²) in [4.78, 5) is 26.5. The normalized spacial score (nSPS) is 20.0. The number of morpholine rings is 1. The first-order valence-corrected chi connectivity index (χ1v) is 8.19. The number of hydrogen-bond acceptors (Lipinski definition) is 5. The van der Waals surface area contributed by atoms with E-state index in [1.807, 2.05) is 17.9 Å². The number of halogens is 1. The molecule has 0 amide bonds. The minimum atomic E-state index is -0.622. The number of anilines is 1. The number of nitriles is 1. The molecule has 0 N–H and O–H groups in total. The summed E-state index contributed by atoms with van der Waals surface area (Å²) in [5, 5.41) is 9.47. The van der Waals surface area contributed by atoms with Crippen LogP contribution in [-0.4, -0.2) is 28.3 Å². The zero-order valence-corrected chi connectivity index (χ0v) is 14.8. The Bertz CT molecular complexity index is 988. The van der Waals surface area contributed by atoms with Crippen molar-refractivity contribution in [2.45, 2.75) is 19.1 Å². The molecule has 0 radical (unpaired) electrons. The van der Waals surface area contributed by atoms with Crippen LogP contribution in [0.4, 0.5) is 10.2 Å². The van der Waals surface area contributed by atoms with Gasteiger partial charge in [-0.1, -0.05) is 12.1 Å². The lowest BCUT2D eigenvalue weighted by molar-refractivity contribution is -0.0178. The van der Waals surface area contributed by atoms with Crippen LogP contribution < -0.4 is 16.1 Å². The number of ether oxygens (including phenoxy) is 1. The minimum absolute atomic E-state index is 0.0819. The van der Waals surface area contributed by atoms with E-state index in [0.717, 1.165) is 10.1 Å². The maximum atomic E-state index is 13.2. The van der Waals surface area contributed by atoms with Gasteiger partial charge in [0, 0.05) is 27.2 Å². The van der Waals surface area contributed by atoms with Crippen molar-refractivity contribution < 1.29 is 9.13 Å². The fourth-order valence-corrected chi connectivity index (χ4v) is 3.29. The predicted octanol–water partition coefficient (Wildman–Crippen LogP) is 1.06. The quantitative estimate of drug-likeness (QED) is 0.802. The average Bonchev–Trinajstić information content (AvgIpc) is 2.62. The molecule has 1 fully saturated rings. The highest BCUT2D eigenvalue weighted by Gasteiger charge is 2.30. The highest BCUT2D eigenvalue weighted by atomic mass is 19.1. The van der Waals surface area contributed by atoms with Gasteiger partial charge in [-0.05, 0) is 24.6 Å². The Kier molecular flexibility index (Phi) is 4.66. The largest absolute Gasteiger partial charge is 0.367 e. The van der Waals surface area contributed by atoms with E-state index in [-0.39, 0.29) is 29.4 Å². The lowest BCUT2D eigenvalue weighted by atomic mass is 10.1. The molecule has 7 nitrogen and oxygen atoms in total. The molecule has 0 spiro atoms. The van der Waals surface area contributed by atoms with Crippen molar-refractivity contribution in [1.82, 2.24) is 9.13 Å². The summed E-state index contributed by atoms with van der Waals surface area (Å²) in [6.45, 7) is 2.63. The minimum Gasteiger partial charge on any atom is -0.367 e. The van der Waals surface area contributed by atoms with Crippen molar-refractivity contribution in [2.75, 3.05) is 18.0 Å². The van der Waals surface area contributed by atoms with Gasteiger partial charge in [-0.3, -0.25) is 13.9 Å². The number of rotatable bonds is 2. The maximum Gasteiger partial charge on any atom is 0.332 e. The summed E-state index contributed by atoms with van der Waals surface area (Å²) in [5.74, 6) is -0.0574. The van der Waals surface area contributed by atoms with Gasteiger partial charge in [0.15, 0.2) is 5.56 Å². The van der Waals surface area contributed by atoms with Crippen LogP contribution in [0.2, 0.25) is 0 Å². The first-order chi connectivity index (χ1) is 12.3. The third kappa shape index (κ3) is 3.02. The zero-order valence-electron chi connectivity index (χ0n) is 14.8. The molecule has 3 rings (SSSR count). The Balaban J connectivity index is 2.07. The smallest absolute Gasteiger partial charge is 0.332 e. The monoisotopic (exact) mass is 358 g/mol. The van der Waals surface area contributed by atoms with E-state index in [1.54, 1.807) is 12.1 Å². The van der Waals surface area contributed by atoms with E-state index in [1.165, 1.54) is 30.8 Å². The molecule has 1 aromatic carbocycles. The molecular formula is C18H19FN4O3. The molecule has 26 heavy (non-hydrogen) atoms. The number of nitrogens with zero attached hydrogens (tertiary/aromatic N) is 4. The Morgan fingerprint density at radius 2 is 1.81 bits per heavy atom. The van der Waals surface area contributed by atoms with E-state index in [0.29, 0.717) is 13.1 Å². The molecule has 136 valence electrons. The topological polar surface area (TPSA) is 80.3 Å². The summed E-state index contributed by atoms with van der Waals surface area (Å²) in [6, 6.07) is 7.92. The Morgan fingerprint density at radius 1 is 1.15 bits per heavy atom. The van der Waals surface area contributed by atoms with Crippen LogP contribution in [0, 0.1) is 17.1 Å². The van der Waals surface area contributed by atoms with Crippen LogP contribution in [-0.2, 0) is 18.8 Å². The fraction of sp³-hybridized carbons (Fsp3) is 0.389. The van der Waals surface area contributed by atoms with Crippen LogP contribution in [0.25, 0.3) is 0 Å². The molecular weight excluding hydrogens is 339 g/mol. The summed E-state index contributed by atoms with van der Waals surface area (Å²) in [7, 11) is 2.88. The van der Waals surface area contributed by atoms with Gasteiger partial charge in [0.25, 0.3) is 5.56 Å². The van der Waals surface area contributed by atoms with E-state index in [9.17, 15) is 19.2 Å². The van der Waals surface area contributed by atoms with Crippen LogP contribution in [0.15, 0.2) is 33.9 Å². The van der Waals surface area contributed by atoms with Crippen LogP contribution in [0.5, 0.6) is 0 Å². The van der Waals surface area contributed by atoms with Gasteiger partial charge in [-0.2, -0.15) is 5.26 Å². The lowest BCUT2D eigenvalue weighted by Gasteiger charge is -2.39. The van der Waals surface area contributed by atoms with Gasteiger partial charge in [-0.25, -0.2) is 9.18 Å². The van der Waals surface area contributed by atoms with Crippen molar-refractivity contribution >= 4 is 5.82 Å². The molecule has 1 saturated heterocycles. The first kappa shape index (κ1) is 17.9. The van der Waals surface area contributed by atoms with Gasteiger partial charge in [-0.15, -0.1) is 0 Å². The Morgan fingerprint density at radius 3 is 2.42 bits per heavy atom. The van der Waals surface area contributed by atoms with Crippen molar-refractivity contribution in [2.24, 2.45) is 14.1 Å². The highest BCUT2D eigenvalue weighted by Crippen LogP contribution is 2.29. The predicted molar refractivity (Wildman–Crippen MR) is 93.5 cm³/mol. The molecule has 1 aliphatic rings.